The maximum atomic E-state index is 12.0. The monoisotopic (exact) mass is 288 g/mol. The van der Waals surface area contributed by atoms with E-state index < -0.39 is 0 Å². The maximum absolute atomic E-state index is 12.0. The third-order valence-corrected chi connectivity index (χ3v) is 3.97. The lowest BCUT2D eigenvalue weighted by molar-refractivity contribution is -0.117. The number of nitrogens with zero attached hydrogens (tertiary/aromatic N) is 1. The molecule has 114 valence electrons. The minimum Gasteiger partial charge on any atom is -0.325 e. The molecular formula is C17H24N2O2. The molecule has 0 unspecified atom stereocenters. The number of piperidine rings is 1. The summed E-state index contributed by atoms with van der Waals surface area (Å²) in [7, 11) is 0. The standard InChI is InChI=1S/C17H24N2O2/c1-2-3-14-4-6-16(7-5-14)18-17(21)12-19-10-8-15(13-20)9-11-19/h4-7,13,15H,2-3,8-12H2,1H3,(H,18,21). The Kier molecular flexibility index (Phi) is 5.93. The van der Waals surface area contributed by atoms with E-state index in [0.717, 1.165) is 50.7 Å². The molecule has 0 bridgehead atoms. The molecule has 1 amide bonds. The summed E-state index contributed by atoms with van der Waals surface area (Å²) in [5.74, 6) is 0.193. The number of anilines is 1. The SMILES string of the molecule is CCCc1ccc(NC(=O)CN2CCC(C=O)CC2)cc1. The molecule has 1 aliphatic heterocycles. The lowest BCUT2D eigenvalue weighted by Gasteiger charge is -2.28. The molecule has 1 aliphatic rings. The zero-order valence-electron chi connectivity index (χ0n) is 12.7. The van der Waals surface area contributed by atoms with Crippen LogP contribution < -0.4 is 5.32 Å². The van der Waals surface area contributed by atoms with E-state index in [1.807, 2.05) is 12.1 Å². The Balaban J connectivity index is 1.77. The summed E-state index contributed by atoms with van der Waals surface area (Å²) in [4.78, 5) is 24.8. The van der Waals surface area contributed by atoms with Crippen LogP contribution in [0.4, 0.5) is 5.69 Å². The predicted molar refractivity (Wildman–Crippen MR) is 84.3 cm³/mol. The first-order valence-electron chi connectivity index (χ1n) is 7.77. The fourth-order valence-corrected chi connectivity index (χ4v) is 2.69. The van der Waals surface area contributed by atoms with Crippen molar-refractivity contribution in [3.8, 4) is 0 Å². The molecular weight excluding hydrogens is 264 g/mol. The summed E-state index contributed by atoms with van der Waals surface area (Å²) in [5, 5.41) is 2.93. The van der Waals surface area contributed by atoms with Crippen molar-refractivity contribution in [1.29, 1.82) is 0 Å². The van der Waals surface area contributed by atoms with E-state index in [-0.39, 0.29) is 11.8 Å². The second-order valence-electron chi connectivity index (χ2n) is 5.74. The summed E-state index contributed by atoms with van der Waals surface area (Å²) in [6.07, 6.45) is 4.96. The van der Waals surface area contributed by atoms with E-state index in [1.165, 1.54) is 5.56 Å². The van der Waals surface area contributed by atoms with Gasteiger partial charge in [0, 0.05) is 11.6 Å². The average molecular weight is 288 g/mol. The third kappa shape index (κ3) is 4.97. The van der Waals surface area contributed by atoms with Crippen LogP contribution in [0.15, 0.2) is 24.3 Å². The van der Waals surface area contributed by atoms with Crippen molar-refractivity contribution in [3.63, 3.8) is 0 Å². The second-order valence-corrected chi connectivity index (χ2v) is 5.74. The van der Waals surface area contributed by atoms with Crippen LogP contribution in [-0.4, -0.2) is 36.7 Å². The molecule has 0 aromatic heterocycles. The minimum absolute atomic E-state index is 0.0165. The van der Waals surface area contributed by atoms with E-state index in [2.05, 4.69) is 29.3 Å². The normalized spacial score (nSPS) is 16.6. The molecule has 1 heterocycles. The molecule has 4 nitrogen and oxygen atoms in total. The Morgan fingerprint density at radius 1 is 1.29 bits per heavy atom. The van der Waals surface area contributed by atoms with Crippen LogP contribution in [-0.2, 0) is 16.0 Å². The van der Waals surface area contributed by atoms with E-state index in [4.69, 9.17) is 0 Å². The van der Waals surface area contributed by atoms with Crippen molar-refractivity contribution in [1.82, 2.24) is 4.90 Å². The van der Waals surface area contributed by atoms with E-state index in [1.54, 1.807) is 0 Å². The summed E-state index contributed by atoms with van der Waals surface area (Å²) < 4.78 is 0. The number of aldehydes is 1. The van der Waals surface area contributed by atoms with Crippen LogP contribution in [0, 0.1) is 5.92 Å². The highest BCUT2D eigenvalue weighted by Crippen LogP contribution is 2.15. The zero-order valence-corrected chi connectivity index (χ0v) is 12.7. The van der Waals surface area contributed by atoms with Crippen molar-refractivity contribution in [2.24, 2.45) is 5.92 Å². The molecule has 4 heteroatoms. The minimum atomic E-state index is 0.0165. The fourth-order valence-electron chi connectivity index (χ4n) is 2.69. The first-order chi connectivity index (χ1) is 10.2. The molecule has 1 saturated heterocycles. The summed E-state index contributed by atoms with van der Waals surface area (Å²) in [6.45, 7) is 4.21. The van der Waals surface area contributed by atoms with Crippen LogP contribution in [0.25, 0.3) is 0 Å². The van der Waals surface area contributed by atoms with Crippen molar-refractivity contribution in [2.75, 3.05) is 25.0 Å². The molecule has 1 aromatic carbocycles. The van der Waals surface area contributed by atoms with Gasteiger partial charge in [-0.1, -0.05) is 25.5 Å². The number of likely N-dealkylation sites (tertiary alicyclic amines) is 1. The van der Waals surface area contributed by atoms with E-state index in [9.17, 15) is 9.59 Å². The molecule has 1 fully saturated rings. The number of aryl methyl sites for hydroxylation is 1. The first kappa shape index (κ1) is 15.7. The van der Waals surface area contributed by atoms with Gasteiger partial charge >= 0.3 is 0 Å². The van der Waals surface area contributed by atoms with Gasteiger partial charge < -0.3 is 10.1 Å². The number of benzene rings is 1. The first-order valence-corrected chi connectivity index (χ1v) is 7.77. The molecule has 0 atom stereocenters. The molecule has 0 spiro atoms. The highest BCUT2D eigenvalue weighted by Gasteiger charge is 2.20. The number of rotatable bonds is 6. The Morgan fingerprint density at radius 2 is 1.95 bits per heavy atom. The maximum Gasteiger partial charge on any atom is 0.238 e. The quantitative estimate of drug-likeness (QED) is 0.818. The number of nitrogens with one attached hydrogen (secondary N) is 1. The molecule has 0 saturated carbocycles. The Bertz CT molecular complexity index is 462. The van der Waals surface area contributed by atoms with Gasteiger partial charge in [0.2, 0.25) is 5.91 Å². The van der Waals surface area contributed by atoms with Gasteiger partial charge in [0.1, 0.15) is 6.29 Å². The van der Waals surface area contributed by atoms with Crippen molar-refractivity contribution < 1.29 is 9.59 Å². The van der Waals surface area contributed by atoms with Crippen LogP contribution in [0.1, 0.15) is 31.7 Å². The number of hydrogen-bond acceptors (Lipinski definition) is 3. The lowest BCUT2D eigenvalue weighted by Crippen LogP contribution is -2.39. The summed E-state index contributed by atoms with van der Waals surface area (Å²) in [5.41, 5.74) is 2.15. The summed E-state index contributed by atoms with van der Waals surface area (Å²) in [6, 6.07) is 8.05. The summed E-state index contributed by atoms with van der Waals surface area (Å²) >= 11 is 0. The molecule has 2 rings (SSSR count). The van der Waals surface area contributed by atoms with Crippen molar-refractivity contribution >= 4 is 17.9 Å². The van der Waals surface area contributed by atoms with Gasteiger partial charge in [-0.05, 0) is 50.0 Å². The number of amides is 1. The van der Waals surface area contributed by atoms with Crippen molar-refractivity contribution in [2.45, 2.75) is 32.6 Å². The van der Waals surface area contributed by atoms with Crippen molar-refractivity contribution in [3.05, 3.63) is 29.8 Å². The van der Waals surface area contributed by atoms with Gasteiger partial charge in [0.05, 0.1) is 6.54 Å². The predicted octanol–water partition coefficient (Wildman–Crippen LogP) is 2.49. The number of carbonyl (C=O) groups is 2. The third-order valence-electron chi connectivity index (χ3n) is 3.97. The zero-order chi connectivity index (χ0) is 15.1. The second kappa shape index (κ2) is 7.93. The van der Waals surface area contributed by atoms with Gasteiger partial charge in [-0.3, -0.25) is 9.69 Å². The fraction of sp³-hybridized carbons (Fsp3) is 0.529. The number of hydrogen-bond donors (Lipinski definition) is 1. The van der Waals surface area contributed by atoms with Crippen LogP contribution >= 0.6 is 0 Å². The molecule has 0 radical (unpaired) electrons. The average Bonchev–Trinajstić information content (AvgIpc) is 2.50. The van der Waals surface area contributed by atoms with Gasteiger partial charge in [-0.15, -0.1) is 0 Å². The van der Waals surface area contributed by atoms with Crippen LogP contribution in [0.3, 0.4) is 0 Å². The molecule has 1 aromatic rings. The smallest absolute Gasteiger partial charge is 0.238 e. The topological polar surface area (TPSA) is 49.4 Å². The van der Waals surface area contributed by atoms with Crippen LogP contribution in [0.5, 0.6) is 0 Å². The number of carbonyl (C=O) groups excluding carboxylic acids is 2. The molecule has 0 aliphatic carbocycles. The molecule has 21 heavy (non-hydrogen) atoms. The van der Waals surface area contributed by atoms with E-state index in [0.29, 0.717) is 6.54 Å². The van der Waals surface area contributed by atoms with Crippen LogP contribution in [0.2, 0.25) is 0 Å². The highest BCUT2D eigenvalue weighted by molar-refractivity contribution is 5.92. The lowest BCUT2D eigenvalue weighted by atomic mass is 9.99. The largest absolute Gasteiger partial charge is 0.325 e. The van der Waals surface area contributed by atoms with Gasteiger partial charge in [-0.25, -0.2) is 0 Å². The Labute approximate surface area is 126 Å². The highest BCUT2D eigenvalue weighted by atomic mass is 16.2. The molecule has 1 N–H and O–H groups in total. The van der Waals surface area contributed by atoms with Gasteiger partial charge in [0.15, 0.2) is 0 Å². The Hall–Kier alpha value is -1.68. The van der Waals surface area contributed by atoms with E-state index >= 15 is 0 Å². The van der Waals surface area contributed by atoms with Gasteiger partial charge in [0.25, 0.3) is 0 Å². The van der Waals surface area contributed by atoms with Gasteiger partial charge in [-0.2, -0.15) is 0 Å². The Morgan fingerprint density at radius 3 is 2.52 bits per heavy atom.